The third kappa shape index (κ3) is 6.36. The van der Waals surface area contributed by atoms with Crippen molar-refractivity contribution in [3.05, 3.63) is 116 Å². The molecule has 0 aliphatic heterocycles. The Labute approximate surface area is 193 Å². The van der Waals surface area contributed by atoms with Crippen LogP contribution in [0.25, 0.3) is 6.08 Å². The molecule has 0 saturated heterocycles. The van der Waals surface area contributed by atoms with Crippen LogP contribution in [-0.2, 0) is 11.2 Å². The third-order valence-corrected chi connectivity index (χ3v) is 5.26. The molecule has 3 aromatic carbocycles. The second-order valence-electron chi connectivity index (χ2n) is 6.83. The van der Waals surface area contributed by atoms with Gasteiger partial charge in [0.1, 0.15) is 5.70 Å². The SMILES string of the molecule is O=C(NCCc1ccccc1)/C(=C/c1ccc([N+](=O)[O-])cc1)NC(=O)c1ccccc1Br. The summed E-state index contributed by atoms with van der Waals surface area (Å²) in [5, 5.41) is 16.3. The number of hydrogen-bond acceptors (Lipinski definition) is 4. The van der Waals surface area contributed by atoms with Crippen molar-refractivity contribution in [2.75, 3.05) is 6.54 Å². The zero-order valence-corrected chi connectivity index (χ0v) is 18.5. The number of nitro groups is 1. The molecule has 0 spiro atoms. The largest absolute Gasteiger partial charge is 0.350 e. The number of carbonyl (C=O) groups excluding carboxylic acids is 2. The van der Waals surface area contributed by atoms with Gasteiger partial charge in [-0.25, -0.2) is 0 Å². The first kappa shape index (κ1) is 22.9. The van der Waals surface area contributed by atoms with Crippen LogP contribution in [0.15, 0.2) is 89.0 Å². The van der Waals surface area contributed by atoms with Gasteiger partial charge in [0.25, 0.3) is 17.5 Å². The minimum atomic E-state index is -0.501. The summed E-state index contributed by atoms with van der Waals surface area (Å²) in [5.41, 5.74) is 1.96. The van der Waals surface area contributed by atoms with Crippen molar-refractivity contribution in [1.29, 1.82) is 0 Å². The molecule has 0 fully saturated rings. The van der Waals surface area contributed by atoms with Crippen molar-refractivity contribution in [1.82, 2.24) is 10.6 Å². The molecule has 0 aromatic heterocycles. The molecule has 0 radical (unpaired) electrons. The van der Waals surface area contributed by atoms with Crippen molar-refractivity contribution < 1.29 is 14.5 Å². The fraction of sp³-hybridized carbons (Fsp3) is 0.0833. The van der Waals surface area contributed by atoms with Crippen LogP contribution in [0.4, 0.5) is 5.69 Å². The third-order valence-electron chi connectivity index (χ3n) is 4.57. The molecule has 0 saturated carbocycles. The molecule has 0 atom stereocenters. The van der Waals surface area contributed by atoms with Crippen LogP contribution in [-0.4, -0.2) is 23.3 Å². The summed E-state index contributed by atoms with van der Waals surface area (Å²) in [7, 11) is 0. The van der Waals surface area contributed by atoms with E-state index in [1.165, 1.54) is 30.3 Å². The van der Waals surface area contributed by atoms with Gasteiger partial charge in [0.05, 0.1) is 10.5 Å². The number of rotatable bonds is 8. The maximum absolute atomic E-state index is 12.9. The highest BCUT2D eigenvalue weighted by Gasteiger charge is 2.16. The molecular weight excluding hydrogens is 474 g/mol. The molecule has 2 amide bonds. The van der Waals surface area contributed by atoms with Crippen LogP contribution >= 0.6 is 15.9 Å². The Morgan fingerprint density at radius 1 is 0.938 bits per heavy atom. The molecule has 32 heavy (non-hydrogen) atoms. The van der Waals surface area contributed by atoms with Crippen molar-refractivity contribution in [2.24, 2.45) is 0 Å². The zero-order chi connectivity index (χ0) is 22.9. The van der Waals surface area contributed by atoms with Crippen molar-refractivity contribution in [2.45, 2.75) is 6.42 Å². The molecule has 3 aromatic rings. The topological polar surface area (TPSA) is 101 Å². The van der Waals surface area contributed by atoms with Gasteiger partial charge in [-0.15, -0.1) is 0 Å². The van der Waals surface area contributed by atoms with Crippen LogP contribution in [0.1, 0.15) is 21.5 Å². The lowest BCUT2D eigenvalue weighted by Gasteiger charge is -2.12. The highest BCUT2D eigenvalue weighted by molar-refractivity contribution is 9.10. The lowest BCUT2D eigenvalue weighted by molar-refractivity contribution is -0.384. The quantitative estimate of drug-likeness (QED) is 0.274. The molecule has 0 aliphatic rings. The predicted octanol–water partition coefficient (Wildman–Crippen LogP) is 4.49. The van der Waals surface area contributed by atoms with Crippen molar-refractivity contribution in [3.63, 3.8) is 0 Å². The maximum Gasteiger partial charge on any atom is 0.269 e. The van der Waals surface area contributed by atoms with E-state index in [9.17, 15) is 19.7 Å². The fourth-order valence-corrected chi connectivity index (χ4v) is 3.38. The number of benzene rings is 3. The summed E-state index contributed by atoms with van der Waals surface area (Å²) in [4.78, 5) is 36.0. The first-order valence-electron chi connectivity index (χ1n) is 9.78. The Kier molecular flexibility index (Phi) is 7.88. The molecule has 7 nitrogen and oxygen atoms in total. The Morgan fingerprint density at radius 3 is 2.25 bits per heavy atom. The smallest absolute Gasteiger partial charge is 0.269 e. The molecule has 162 valence electrons. The molecule has 0 bridgehead atoms. The van der Waals surface area contributed by atoms with E-state index in [2.05, 4.69) is 26.6 Å². The zero-order valence-electron chi connectivity index (χ0n) is 17.0. The van der Waals surface area contributed by atoms with Crippen LogP contribution in [0.3, 0.4) is 0 Å². The summed E-state index contributed by atoms with van der Waals surface area (Å²) in [5.74, 6) is -0.913. The van der Waals surface area contributed by atoms with E-state index < -0.39 is 16.7 Å². The van der Waals surface area contributed by atoms with Gasteiger partial charge in [-0.1, -0.05) is 42.5 Å². The summed E-state index contributed by atoms with van der Waals surface area (Å²) >= 11 is 3.34. The maximum atomic E-state index is 12.9. The Hall–Kier alpha value is -3.78. The van der Waals surface area contributed by atoms with Gasteiger partial charge in [0, 0.05) is 23.2 Å². The Bertz CT molecular complexity index is 1150. The van der Waals surface area contributed by atoms with Crippen molar-refractivity contribution in [3.8, 4) is 0 Å². The summed E-state index contributed by atoms with van der Waals surface area (Å²) < 4.78 is 0.594. The molecular formula is C24H20BrN3O4. The minimum absolute atomic E-state index is 0.0349. The predicted molar refractivity (Wildman–Crippen MR) is 126 cm³/mol. The average Bonchev–Trinajstić information content (AvgIpc) is 2.80. The number of nitrogens with zero attached hydrogens (tertiary/aromatic N) is 1. The Morgan fingerprint density at radius 2 is 1.59 bits per heavy atom. The van der Waals surface area contributed by atoms with Gasteiger partial charge in [-0.2, -0.15) is 0 Å². The monoisotopic (exact) mass is 493 g/mol. The highest BCUT2D eigenvalue weighted by atomic mass is 79.9. The molecule has 3 rings (SSSR count). The first-order valence-corrected chi connectivity index (χ1v) is 10.6. The second-order valence-corrected chi connectivity index (χ2v) is 7.69. The van der Waals surface area contributed by atoms with E-state index in [0.717, 1.165) is 5.56 Å². The molecule has 2 N–H and O–H groups in total. The van der Waals surface area contributed by atoms with Crippen molar-refractivity contribution >= 4 is 39.5 Å². The molecule has 0 heterocycles. The summed E-state index contributed by atoms with van der Waals surface area (Å²) in [6.07, 6.45) is 2.12. The van der Waals surface area contributed by atoms with E-state index in [-0.39, 0.29) is 11.4 Å². The van der Waals surface area contributed by atoms with Crippen LogP contribution in [0.2, 0.25) is 0 Å². The average molecular weight is 494 g/mol. The number of hydrogen-bond donors (Lipinski definition) is 2. The lowest BCUT2D eigenvalue weighted by Crippen LogP contribution is -2.35. The van der Waals surface area contributed by atoms with E-state index in [4.69, 9.17) is 0 Å². The van der Waals surface area contributed by atoms with Gasteiger partial charge < -0.3 is 10.6 Å². The number of halogens is 1. The number of amides is 2. The first-order chi connectivity index (χ1) is 15.4. The van der Waals surface area contributed by atoms with Gasteiger partial charge in [0.2, 0.25) is 0 Å². The lowest BCUT2D eigenvalue weighted by atomic mass is 10.1. The van der Waals surface area contributed by atoms with Gasteiger partial charge in [-0.3, -0.25) is 19.7 Å². The number of nitro benzene ring substituents is 1. The van der Waals surface area contributed by atoms with E-state index >= 15 is 0 Å². The number of non-ortho nitro benzene ring substituents is 1. The summed E-state index contributed by atoms with van der Waals surface area (Å²) in [6, 6.07) is 22.3. The fourth-order valence-electron chi connectivity index (χ4n) is 2.91. The van der Waals surface area contributed by atoms with E-state index in [1.807, 2.05) is 30.3 Å². The molecule has 0 aliphatic carbocycles. The van der Waals surface area contributed by atoms with E-state index in [1.54, 1.807) is 24.3 Å². The highest BCUT2D eigenvalue weighted by Crippen LogP contribution is 2.17. The minimum Gasteiger partial charge on any atom is -0.350 e. The molecule has 8 heteroatoms. The number of nitrogens with one attached hydrogen (secondary N) is 2. The standard InChI is InChI=1S/C24H20BrN3O4/c25-21-9-5-4-8-20(21)23(29)27-22(16-18-10-12-19(13-11-18)28(31)32)24(30)26-15-14-17-6-2-1-3-7-17/h1-13,16H,14-15H2,(H,26,30)(H,27,29)/b22-16-. The van der Waals surface area contributed by atoms with Crippen LogP contribution in [0, 0.1) is 10.1 Å². The Balaban J connectivity index is 1.79. The molecule has 0 unspecified atom stereocenters. The normalized spacial score (nSPS) is 11.0. The second kappa shape index (κ2) is 11.0. The van der Waals surface area contributed by atoms with Crippen LogP contribution < -0.4 is 10.6 Å². The number of carbonyl (C=O) groups is 2. The van der Waals surface area contributed by atoms with Gasteiger partial charge >= 0.3 is 0 Å². The van der Waals surface area contributed by atoms with Gasteiger partial charge in [-0.05, 0) is 63.8 Å². The van der Waals surface area contributed by atoms with Crippen LogP contribution in [0.5, 0.6) is 0 Å². The summed E-state index contributed by atoms with van der Waals surface area (Å²) in [6.45, 7) is 0.380. The van der Waals surface area contributed by atoms with Gasteiger partial charge in [0.15, 0.2) is 0 Å². The van der Waals surface area contributed by atoms with E-state index in [0.29, 0.717) is 28.6 Å².